The molecule has 1 aliphatic heterocycles. The molecule has 0 aliphatic carbocycles. The Labute approximate surface area is 107 Å². The molecule has 17 heavy (non-hydrogen) atoms. The predicted octanol–water partition coefficient (Wildman–Crippen LogP) is 2.59. The Morgan fingerprint density at radius 2 is 2.29 bits per heavy atom. The number of nitrogens with one attached hydrogen (secondary N) is 1. The Balaban J connectivity index is 2.18. The lowest BCUT2D eigenvalue weighted by Crippen LogP contribution is -2.31. The number of ether oxygens (including phenoxy) is 1. The van der Waals surface area contributed by atoms with Crippen molar-refractivity contribution in [2.75, 3.05) is 18.5 Å². The molecule has 4 nitrogen and oxygen atoms in total. The van der Waals surface area contributed by atoms with Gasteiger partial charge in [-0.05, 0) is 26.2 Å². The summed E-state index contributed by atoms with van der Waals surface area (Å²) < 4.78 is 5.45. The number of nitrogens with zero attached hydrogens (tertiary/aromatic N) is 2. The van der Waals surface area contributed by atoms with Gasteiger partial charge in [0.05, 0.1) is 12.6 Å². The van der Waals surface area contributed by atoms with E-state index in [4.69, 9.17) is 16.3 Å². The van der Waals surface area contributed by atoms with Crippen LogP contribution in [0, 0.1) is 6.92 Å². The van der Waals surface area contributed by atoms with Crippen molar-refractivity contribution in [1.82, 2.24) is 9.97 Å². The molecule has 0 radical (unpaired) electrons. The minimum atomic E-state index is 0.333. The van der Waals surface area contributed by atoms with Gasteiger partial charge in [-0.25, -0.2) is 9.97 Å². The van der Waals surface area contributed by atoms with E-state index in [-0.39, 0.29) is 0 Å². The average Bonchev–Trinajstić information content (AvgIpc) is 2.30. The lowest BCUT2D eigenvalue weighted by Gasteiger charge is -2.24. The van der Waals surface area contributed by atoms with Crippen LogP contribution >= 0.6 is 11.6 Å². The van der Waals surface area contributed by atoms with Crippen LogP contribution in [0.2, 0.25) is 5.15 Å². The molecule has 1 N–H and O–H groups in total. The number of anilines is 1. The summed E-state index contributed by atoms with van der Waals surface area (Å²) in [4.78, 5) is 8.62. The Bertz CT molecular complexity index is 392. The van der Waals surface area contributed by atoms with Crippen LogP contribution in [0.3, 0.4) is 0 Å². The molecular weight excluding hydrogens is 238 g/mol. The highest BCUT2D eigenvalue weighted by Crippen LogP contribution is 2.23. The second-order valence-corrected chi connectivity index (χ2v) is 4.66. The molecule has 1 fully saturated rings. The van der Waals surface area contributed by atoms with Gasteiger partial charge in [-0.15, -0.1) is 0 Å². The van der Waals surface area contributed by atoms with E-state index in [1.54, 1.807) is 0 Å². The third-order valence-electron chi connectivity index (χ3n) is 2.92. The molecule has 1 aliphatic rings. The van der Waals surface area contributed by atoms with Gasteiger partial charge in [-0.3, -0.25) is 0 Å². The van der Waals surface area contributed by atoms with Crippen LogP contribution in [0.5, 0.6) is 0 Å². The number of hydrogen-bond donors (Lipinski definition) is 1. The van der Waals surface area contributed by atoms with Gasteiger partial charge in [0.25, 0.3) is 0 Å². The molecule has 0 saturated carbocycles. The maximum atomic E-state index is 6.13. The van der Waals surface area contributed by atoms with Crippen molar-refractivity contribution in [1.29, 1.82) is 0 Å². The van der Waals surface area contributed by atoms with Crippen molar-refractivity contribution >= 4 is 17.4 Å². The molecule has 1 saturated heterocycles. The van der Waals surface area contributed by atoms with Gasteiger partial charge in [0.15, 0.2) is 0 Å². The fraction of sp³-hybridized carbons (Fsp3) is 0.667. The van der Waals surface area contributed by atoms with Crippen LogP contribution in [0.1, 0.15) is 31.2 Å². The second kappa shape index (κ2) is 5.65. The standard InChI is InChI=1S/C12H18ClN3O/c1-3-10-11(13)14-8(2)15-12(10)16-9-5-4-6-17-7-9/h9H,3-7H2,1-2H3,(H,14,15,16). The molecule has 1 aromatic rings. The van der Waals surface area contributed by atoms with Crippen LogP contribution in [0.4, 0.5) is 5.82 Å². The molecule has 5 heteroatoms. The topological polar surface area (TPSA) is 47.0 Å². The highest BCUT2D eigenvalue weighted by atomic mass is 35.5. The van der Waals surface area contributed by atoms with Gasteiger partial charge < -0.3 is 10.1 Å². The van der Waals surface area contributed by atoms with Crippen molar-refractivity contribution in [3.63, 3.8) is 0 Å². The zero-order valence-corrected chi connectivity index (χ0v) is 11.0. The summed E-state index contributed by atoms with van der Waals surface area (Å²) in [6, 6.07) is 0.333. The monoisotopic (exact) mass is 255 g/mol. The first-order valence-electron chi connectivity index (χ1n) is 6.08. The molecule has 1 atom stereocenters. The van der Waals surface area contributed by atoms with Crippen molar-refractivity contribution < 1.29 is 4.74 Å². The first-order valence-corrected chi connectivity index (χ1v) is 6.45. The number of hydrogen-bond acceptors (Lipinski definition) is 4. The minimum absolute atomic E-state index is 0.333. The Morgan fingerprint density at radius 3 is 2.94 bits per heavy atom. The van der Waals surface area contributed by atoms with Gasteiger partial charge in [0.1, 0.15) is 16.8 Å². The van der Waals surface area contributed by atoms with Gasteiger partial charge in [-0.1, -0.05) is 18.5 Å². The SMILES string of the molecule is CCc1c(Cl)nc(C)nc1NC1CCCOC1. The van der Waals surface area contributed by atoms with E-state index in [0.717, 1.165) is 43.9 Å². The fourth-order valence-electron chi connectivity index (χ4n) is 2.04. The zero-order chi connectivity index (χ0) is 12.3. The fourth-order valence-corrected chi connectivity index (χ4v) is 2.39. The van der Waals surface area contributed by atoms with Gasteiger partial charge in [-0.2, -0.15) is 0 Å². The maximum absolute atomic E-state index is 6.13. The second-order valence-electron chi connectivity index (χ2n) is 4.30. The van der Waals surface area contributed by atoms with E-state index in [1.165, 1.54) is 0 Å². The molecule has 94 valence electrons. The summed E-state index contributed by atoms with van der Waals surface area (Å²) in [6.45, 7) is 5.52. The highest BCUT2D eigenvalue weighted by Gasteiger charge is 2.17. The predicted molar refractivity (Wildman–Crippen MR) is 68.6 cm³/mol. The summed E-state index contributed by atoms with van der Waals surface area (Å²) >= 11 is 6.13. The van der Waals surface area contributed by atoms with E-state index in [1.807, 2.05) is 6.92 Å². The molecule has 0 spiro atoms. The molecule has 2 heterocycles. The Kier molecular flexibility index (Phi) is 4.18. The normalized spacial score (nSPS) is 20.3. The minimum Gasteiger partial charge on any atom is -0.379 e. The first kappa shape index (κ1) is 12.6. The van der Waals surface area contributed by atoms with Crippen molar-refractivity contribution in [2.24, 2.45) is 0 Å². The summed E-state index contributed by atoms with van der Waals surface area (Å²) in [6.07, 6.45) is 3.04. The van der Waals surface area contributed by atoms with E-state index in [2.05, 4.69) is 22.2 Å². The largest absolute Gasteiger partial charge is 0.379 e. The van der Waals surface area contributed by atoms with Crippen molar-refractivity contribution in [3.05, 3.63) is 16.5 Å². The van der Waals surface area contributed by atoms with Crippen LogP contribution in [0.15, 0.2) is 0 Å². The highest BCUT2D eigenvalue weighted by molar-refractivity contribution is 6.30. The van der Waals surface area contributed by atoms with Crippen molar-refractivity contribution in [3.8, 4) is 0 Å². The van der Waals surface area contributed by atoms with Crippen molar-refractivity contribution in [2.45, 2.75) is 39.2 Å². The zero-order valence-electron chi connectivity index (χ0n) is 10.3. The summed E-state index contributed by atoms with van der Waals surface area (Å²) in [5.41, 5.74) is 0.989. The van der Waals surface area contributed by atoms with E-state index in [9.17, 15) is 0 Å². The Hall–Kier alpha value is -0.870. The lowest BCUT2D eigenvalue weighted by atomic mass is 10.1. The molecule has 0 amide bonds. The molecule has 1 aromatic heterocycles. The summed E-state index contributed by atoms with van der Waals surface area (Å²) in [7, 11) is 0. The third kappa shape index (κ3) is 3.07. The lowest BCUT2D eigenvalue weighted by molar-refractivity contribution is 0.0875. The van der Waals surface area contributed by atoms with E-state index in [0.29, 0.717) is 17.0 Å². The summed E-state index contributed by atoms with van der Waals surface area (Å²) in [5.74, 6) is 1.56. The Morgan fingerprint density at radius 1 is 1.47 bits per heavy atom. The van der Waals surface area contributed by atoms with Crippen LogP contribution in [0.25, 0.3) is 0 Å². The smallest absolute Gasteiger partial charge is 0.138 e. The average molecular weight is 256 g/mol. The molecular formula is C12H18ClN3O. The van der Waals surface area contributed by atoms with Crippen LogP contribution < -0.4 is 5.32 Å². The van der Waals surface area contributed by atoms with Crippen LogP contribution in [-0.4, -0.2) is 29.2 Å². The van der Waals surface area contributed by atoms with Gasteiger partial charge in [0.2, 0.25) is 0 Å². The number of halogens is 1. The number of aromatic nitrogens is 2. The van der Waals surface area contributed by atoms with Crippen LogP contribution in [-0.2, 0) is 11.2 Å². The quantitative estimate of drug-likeness (QED) is 0.844. The molecule has 0 aromatic carbocycles. The van der Waals surface area contributed by atoms with Gasteiger partial charge in [0, 0.05) is 12.2 Å². The molecule has 1 unspecified atom stereocenters. The number of rotatable bonds is 3. The molecule has 0 bridgehead atoms. The summed E-state index contributed by atoms with van der Waals surface area (Å²) in [5, 5.41) is 3.98. The maximum Gasteiger partial charge on any atom is 0.138 e. The third-order valence-corrected chi connectivity index (χ3v) is 3.24. The molecule has 2 rings (SSSR count). The van der Waals surface area contributed by atoms with E-state index >= 15 is 0 Å². The van der Waals surface area contributed by atoms with E-state index < -0.39 is 0 Å². The number of aryl methyl sites for hydroxylation is 1. The van der Waals surface area contributed by atoms with Gasteiger partial charge >= 0.3 is 0 Å². The first-order chi connectivity index (χ1) is 8.20.